The molecule has 3 rings (SSSR count). The molecule has 1 aromatic heterocycles. The molecule has 0 aliphatic carbocycles. The number of carbonyl (C=O) groups excluding carboxylic acids is 2. The first kappa shape index (κ1) is 22.0. The third kappa shape index (κ3) is 5.67. The summed E-state index contributed by atoms with van der Waals surface area (Å²) in [6.07, 6.45) is 2.04. The Morgan fingerprint density at radius 1 is 1.41 bits per heavy atom. The molecule has 0 spiro atoms. The lowest BCUT2D eigenvalue weighted by atomic mass is 10.1. The van der Waals surface area contributed by atoms with Gasteiger partial charge in [-0.1, -0.05) is 18.5 Å². The van der Waals surface area contributed by atoms with Crippen LogP contribution in [0, 0.1) is 12.7 Å². The Morgan fingerprint density at radius 2 is 2.21 bits per heavy atom. The second-order valence-electron chi connectivity index (χ2n) is 6.43. The highest BCUT2D eigenvalue weighted by atomic mass is 35.5. The average Bonchev–Trinajstić information content (AvgIpc) is 3.13. The van der Waals surface area contributed by atoms with E-state index in [1.165, 1.54) is 41.7 Å². The zero-order valence-electron chi connectivity index (χ0n) is 15.9. The zero-order valence-corrected chi connectivity index (χ0v) is 18.3. The van der Waals surface area contributed by atoms with Crippen molar-refractivity contribution in [2.45, 2.75) is 38.9 Å². The molecular formula is C18H21ClFN5O2S2. The van der Waals surface area contributed by atoms with Gasteiger partial charge in [-0.3, -0.25) is 9.59 Å². The van der Waals surface area contributed by atoms with Crippen molar-refractivity contribution >= 4 is 52.6 Å². The number of likely N-dealkylation sites (N-methyl/N-ethyl adjacent to an activating group) is 1. The van der Waals surface area contributed by atoms with Gasteiger partial charge in [0.25, 0.3) is 0 Å². The normalized spacial score (nSPS) is 19.7. The zero-order chi connectivity index (χ0) is 21.0. The van der Waals surface area contributed by atoms with Crippen molar-refractivity contribution in [1.29, 1.82) is 0 Å². The first-order valence-corrected chi connectivity index (χ1v) is 11.0. The van der Waals surface area contributed by atoms with Gasteiger partial charge in [0, 0.05) is 35.4 Å². The van der Waals surface area contributed by atoms with E-state index in [0.717, 1.165) is 9.88 Å². The van der Waals surface area contributed by atoms with E-state index in [9.17, 15) is 14.0 Å². The molecule has 1 saturated heterocycles. The van der Waals surface area contributed by atoms with Gasteiger partial charge in [-0.05, 0) is 31.5 Å². The average molecular weight is 458 g/mol. The van der Waals surface area contributed by atoms with Crippen molar-refractivity contribution in [2.75, 3.05) is 11.9 Å². The molecule has 2 atom stereocenters. The molecule has 2 heterocycles. The van der Waals surface area contributed by atoms with Crippen LogP contribution in [0.4, 0.5) is 10.1 Å². The van der Waals surface area contributed by atoms with E-state index in [1.807, 2.05) is 18.2 Å². The fourth-order valence-corrected chi connectivity index (χ4v) is 4.67. The number of aryl methyl sites for hydroxylation is 1. The Bertz CT molecular complexity index is 897. The molecule has 29 heavy (non-hydrogen) atoms. The van der Waals surface area contributed by atoms with Crippen molar-refractivity contribution < 1.29 is 14.0 Å². The lowest BCUT2D eigenvalue weighted by molar-refractivity contribution is -0.124. The summed E-state index contributed by atoms with van der Waals surface area (Å²) in [5.41, 5.74) is 0.405. The molecule has 2 unspecified atom stereocenters. The molecule has 2 aromatic rings. The van der Waals surface area contributed by atoms with Crippen molar-refractivity contribution in [3.63, 3.8) is 0 Å². The fraction of sp³-hybridized carbons (Fsp3) is 0.389. The highest BCUT2D eigenvalue weighted by Crippen LogP contribution is 2.25. The van der Waals surface area contributed by atoms with Gasteiger partial charge in [0.05, 0.1) is 22.6 Å². The fourth-order valence-electron chi connectivity index (χ4n) is 2.85. The van der Waals surface area contributed by atoms with Crippen LogP contribution in [0.2, 0.25) is 5.02 Å². The van der Waals surface area contributed by atoms with Crippen LogP contribution in [0.15, 0.2) is 24.4 Å². The van der Waals surface area contributed by atoms with E-state index in [4.69, 9.17) is 11.6 Å². The number of halogens is 2. The molecule has 11 heteroatoms. The van der Waals surface area contributed by atoms with Gasteiger partial charge in [0.2, 0.25) is 11.8 Å². The van der Waals surface area contributed by atoms with Gasteiger partial charge in [-0.25, -0.2) is 18.4 Å². The van der Waals surface area contributed by atoms with Crippen LogP contribution in [0.1, 0.15) is 23.2 Å². The Labute approximate surface area is 181 Å². The number of hydrogen-bond acceptors (Lipinski definition) is 7. The Balaban J connectivity index is 1.62. The van der Waals surface area contributed by atoms with Crippen molar-refractivity contribution in [3.05, 3.63) is 45.1 Å². The van der Waals surface area contributed by atoms with Crippen LogP contribution in [-0.4, -0.2) is 39.7 Å². The summed E-state index contributed by atoms with van der Waals surface area (Å²) < 4.78 is 18.3. The van der Waals surface area contributed by atoms with E-state index in [2.05, 4.69) is 20.3 Å². The summed E-state index contributed by atoms with van der Waals surface area (Å²) >= 11 is 8.55. The lowest BCUT2D eigenvalue weighted by Gasteiger charge is -2.36. The highest BCUT2D eigenvalue weighted by molar-refractivity contribution is 7.95. The third-order valence-electron chi connectivity index (χ3n) is 4.34. The van der Waals surface area contributed by atoms with Gasteiger partial charge in [-0.15, -0.1) is 11.3 Å². The third-order valence-corrected chi connectivity index (χ3v) is 6.68. The summed E-state index contributed by atoms with van der Waals surface area (Å²) in [5.74, 6) is -1.01. The molecule has 2 amide bonds. The number of anilines is 1. The Hall–Kier alpha value is -1.72. The number of amides is 2. The van der Waals surface area contributed by atoms with Crippen molar-refractivity contribution in [1.82, 2.24) is 19.3 Å². The summed E-state index contributed by atoms with van der Waals surface area (Å²) in [6.45, 7) is 4.84. The van der Waals surface area contributed by atoms with Gasteiger partial charge in [0.15, 0.2) is 0 Å². The molecule has 3 N–H and O–H groups in total. The van der Waals surface area contributed by atoms with E-state index in [-0.39, 0.29) is 16.8 Å². The standard InChI is InChI=1S/C18H21ClFN5O2S2/c1-3-25-16(18(27)23-11-4-5-14(20)13(19)6-11)7-15(24-29-25)17(26)22-9-12-8-21-10(2)28-12/h4-6,8,15-16,24H,3,7,9H2,1-2H3,(H,22,26)(H,23,27). The molecule has 1 aliphatic heterocycles. The van der Waals surface area contributed by atoms with Gasteiger partial charge >= 0.3 is 0 Å². The smallest absolute Gasteiger partial charge is 0.242 e. The molecule has 1 aliphatic rings. The Kier molecular flexibility index (Phi) is 7.47. The maximum atomic E-state index is 13.3. The minimum Gasteiger partial charge on any atom is -0.350 e. The quantitative estimate of drug-likeness (QED) is 0.578. The first-order chi connectivity index (χ1) is 13.9. The second-order valence-corrected chi connectivity index (χ2v) is 9.04. The molecule has 0 bridgehead atoms. The highest BCUT2D eigenvalue weighted by Gasteiger charge is 2.36. The van der Waals surface area contributed by atoms with Crippen LogP contribution in [0.25, 0.3) is 0 Å². The number of nitrogens with zero attached hydrogens (tertiary/aromatic N) is 2. The number of hydrogen-bond donors (Lipinski definition) is 3. The van der Waals surface area contributed by atoms with Gasteiger partial charge < -0.3 is 10.6 Å². The van der Waals surface area contributed by atoms with Crippen LogP contribution in [0.3, 0.4) is 0 Å². The molecule has 156 valence electrons. The van der Waals surface area contributed by atoms with Crippen molar-refractivity contribution in [3.8, 4) is 0 Å². The SMILES string of the molecule is CCN1SNC(C(=O)NCc2cnc(C)s2)CC1C(=O)Nc1ccc(F)c(Cl)c1. The summed E-state index contributed by atoms with van der Waals surface area (Å²) in [7, 11) is 0. The van der Waals surface area contributed by atoms with Crippen LogP contribution < -0.4 is 15.4 Å². The van der Waals surface area contributed by atoms with E-state index < -0.39 is 17.9 Å². The number of rotatable bonds is 6. The first-order valence-electron chi connectivity index (χ1n) is 9.01. The summed E-state index contributed by atoms with van der Waals surface area (Å²) in [6, 6.07) is 2.95. The largest absolute Gasteiger partial charge is 0.350 e. The predicted octanol–water partition coefficient (Wildman–Crippen LogP) is 3.11. The minimum absolute atomic E-state index is 0.0645. The number of nitrogens with one attached hydrogen (secondary N) is 3. The van der Waals surface area contributed by atoms with E-state index in [0.29, 0.717) is 25.2 Å². The van der Waals surface area contributed by atoms with Crippen LogP contribution in [-0.2, 0) is 16.1 Å². The maximum absolute atomic E-state index is 13.3. The van der Waals surface area contributed by atoms with E-state index >= 15 is 0 Å². The van der Waals surface area contributed by atoms with Crippen molar-refractivity contribution in [2.24, 2.45) is 0 Å². The van der Waals surface area contributed by atoms with E-state index in [1.54, 1.807) is 6.20 Å². The van der Waals surface area contributed by atoms with Crippen LogP contribution in [0.5, 0.6) is 0 Å². The summed E-state index contributed by atoms with van der Waals surface area (Å²) in [5, 5.41) is 6.51. The molecule has 1 aromatic carbocycles. The van der Waals surface area contributed by atoms with Crippen LogP contribution >= 0.6 is 35.1 Å². The molecule has 7 nitrogen and oxygen atoms in total. The second kappa shape index (κ2) is 9.86. The monoisotopic (exact) mass is 457 g/mol. The number of carbonyl (C=O) groups is 2. The predicted molar refractivity (Wildman–Crippen MR) is 114 cm³/mol. The number of benzene rings is 1. The maximum Gasteiger partial charge on any atom is 0.242 e. The summed E-state index contributed by atoms with van der Waals surface area (Å²) in [4.78, 5) is 30.5. The minimum atomic E-state index is -0.551. The molecule has 0 radical (unpaired) electrons. The Morgan fingerprint density at radius 3 is 2.86 bits per heavy atom. The lowest BCUT2D eigenvalue weighted by Crippen LogP contribution is -2.54. The number of aromatic nitrogens is 1. The van der Waals surface area contributed by atoms with Gasteiger partial charge in [-0.2, -0.15) is 0 Å². The molecule has 1 fully saturated rings. The number of thiazole rings is 1. The van der Waals surface area contributed by atoms with Gasteiger partial charge in [0.1, 0.15) is 11.9 Å². The molecular weight excluding hydrogens is 437 g/mol. The molecule has 0 saturated carbocycles. The topological polar surface area (TPSA) is 86.4 Å².